The van der Waals surface area contributed by atoms with Gasteiger partial charge in [0.2, 0.25) is 5.91 Å². The fraction of sp³-hybridized carbons (Fsp3) is 0.500. The third-order valence-electron chi connectivity index (χ3n) is 3.71. The molecular formula is C14H20N2O2. The summed E-state index contributed by atoms with van der Waals surface area (Å²) in [7, 11) is 1.68. The number of amides is 1. The predicted octanol–water partition coefficient (Wildman–Crippen LogP) is 1.35. The molecule has 2 rings (SSSR count). The first kappa shape index (κ1) is 12.9. The number of carbonyl (C=O) groups is 1. The van der Waals surface area contributed by atoms with Crippen LogP contribution in [0, 0.1) is 5.41 Å². The molecule has 1 aliphatic heterocycles. The van der Waals surface area contributed by atoms with Gasteiger partial charge in [-0.15, -0.1) is 0 Å². The molecule has 1 heterocycles. The summed E-state index contributed by atoms with van der Waals surface area (Å²) in [6, 6.07) is 7.36. The Morgan fingerprint density at radius 3 is 2.89 bits per heavy atom. The van der Waals surface area contributed by atoms with E-state index in [1.165, 1.54) is 0 Å². The Bertz CT molecular complexity index is 447. The van der Waals surface area contributed by atoms with Crippen LogP contribution in [-0.4, -0.2) is 36.1 Å². The van der Waals surface area contributed by atoms with Crippen molar-refractivity contribution in [3.05, 3.63) is 29.8 Å². The minimum Gasteiger partial charge on any atom is -0.508 e. The van der Waals surface area contributed by atoms with E-state index in [0.717, 1.165) is 25.1 Å². The molecule has 0 aromatic heterocycles. The third kappa shape index (κ3) is 2.48. The Kier molecular flexibility index (Phi) is 3.57. The summed E-state index contributed by atoms with van der Waals surface area (Å²) in [5, 5.41) is 12.5. The maximum atomic E-state index is 11.8. The Labute approximate surface area is 108 Å². The lowest BCUT2D eigenvalue weighted by Gasteiger charge is -2.23. The quantitative estimate of drug-likeness (QED) is 0.849. The molecule has 0 radical (unpaired) electrons. The van der Waals surface area contributed by atoms with Crippen LogP contribution in [0.3, 0.4) is 0 Å². The zero-order valence-corrected chi connectivity index (χ0v) is 10.9. The molecule has 0 spiro atoms. The first-order chi connectivity index (χ1) is 8.55. The third-order valence-corrected chi connectivity index (χ3v) is 3.71. The summed E-state index contributed by atoms with van der Waals surface area (Å²) in [5.74, 6) is 0.424. The molecule has 0 bridgehead atoms. The van der Waals surface area contributed by atoms with E-state index in [1.54, 1.807) is 13.1 Å². The fourth-order valence-electron chi connectivity index (χ4n) is 2.56. The van der Waals surface area contributed by atoms with Crippen molar-refractivity contribution in [2.45, 2.75) is 19.9 Å². The van der Waals surface area contributed by atoms with Crippen molar-refractivity contribution in [1.29, 1.82) is 0 Å². The number of rotatable bonds is 3. The second-order valence-electron chi connectivity index (χ2n) is 5.23. The van der Waals surface area contributed by atoms with E-state index in [2.05, 4.69) is 10.2 Å². The number of hydrogen-bond donors (Lipinski definition) is 2. The zero-order valence-electron chi connectivity index (χ0n) is 10.9. The van der Waals surface area contributed by atoms with Gasteiger partial charge < -0.3 is 10.4 Å². The molecule has 4 nitrogen and oxygen atoms in total. The lowest BCUT2D eigenvalue weighted by Crippen LogP contribution is -2.39. The van der Waals surface area contributed by atoms with E-state index in [9.17, 15) is 9.90 Å². The van der Waals surface area contributed by atoms with Crippen molar-refractivity contribution < 1.29 is 9.90 Å². The Balaban J connectivity index is 2.02. The van der Waals surface area contributed by atoms with Crippen LogP contribution in [0.1, 0.15) is 18.9 Å². The van der Waals surface area contributed by atoms with Crippen molar-refractivity contribution in [3.8, 4) is 5.75 Å². The average Bonchev–Trinajstić information content (AvgIpc) is 2.74. The van der Waals surface area contributed by atoms with Gasteiger partial charge in [-0.3, -0.25) is 9.69 Å². The van der Waals surface area contributed by atoms with Gasteiger partial charge in [-0.25, -0.2) is 0 Å². The average molecular weight is 248 g/mol. The van der Waals surface area contributed by atoms with Crippen molar-refractivity contribution in [2.75, 3.05) is 20.1 Å². The minimum atomic E-state index is -0.306. The van der Waals surface area contributed by atoms with E-state index in [4.69, 9.17) is 0 Å². The number of nitrogens with zero attached hydrogens (tertiary/aromatic N) is 1. The first-order valence-corrected chi connectivity index (χ1v) is 6.26. The summed E-state index contributed by atoms with van der Waals surface area (Å²) in [4.78, 5) is 14.0. The molecule has 0 saturated carbocycles. The number of carbonyl (C=O) groups excluding carboxylic acids is 1. The number of nitrogens with one attached hydrogen (secondary N) is 1. The monoisotopic (exact) mass is 248 g/mol. The van der Waals surface area contributed by atoms with Crippen LogP contribution in [0.4, 0.5) is 0 Å². The maximum absolute atomic E-state index is 11.8. The fourth-order valence-corrected chi connectivity index (χ4v) is 2.56. The highest BCUT2D eigenvalue weighted by Crippen LogP contribution is 2.31. The number of para-hydroxylation sites is 1. The molecule has 1 atom stereocenters. The van der Waals surface area contributed by atoms with Crippen LogP contribution in [0.2, 0.25) is 0 Å². The second kappa shape index (κ2) is 4.98. The topological polar surface area (TPSA) is 52.6 Å². The van der Waals surface area contributed by atoms with Crippen LogP contribution in [0.15, 0.2) is 24.3 Å². The van der Waals surface area contributed by atoms with E-state index < -0.39 is 0 Å². The lowest BCUT2D eigenvalue weighted by molar-refractivity contribution is -0.129. The molecule has 98 valence electrons. The molecule has 1 fully saturated rings. The van der Waals surface area contributed by atoms with Gasteiger partial charge in [0.25, 0.3) is 0 Å². The number of hydrogen-bond acceptors (Lipinski definition) is 3. The molecule has 1 aromatic carbocycles. The molecule has 1 amide bonds. The van der Waals surface area contributed by atoms with Gasteiger partial charge in [0.05, 0.1) is 5.41 Å². The van der Waals surface area contributed by atoms with Crippen LogP contribution < -0.4 is 5.32 Å². The Morgan fingerprint density at radius 1 is 1.50 bits per heavy atom. The second-order valence-corrected chi connectivity index (χ2v) is 5.23. The van der Waals surface area contributed by atoms with Crippen LogP contribution >= 0.6 is 0 Å². The Morgan fingerprint density at radius 2 is 2.22 bits per heavy atom. The smallest absolute Gasteiger partial charge is 0.227 e. The number of aromatic hydroxyl groups is 1. The highest BCUT2D eigenvalue weighted by molar-refractivity contribution is 5.82. The number of phenols is 1. The van der Waals surface area contributed by atoms with Gasteiger partial charge >= 0.3 is 0 Å². The van der Waals surface area contributed by atoms with Crippen LogP contribution in [-0.2, 0) is 11.3 Å². The van der Waals surface area contributed by atoms with Crippen molar-refractivity contribution >= 4 is 5.91 Å². The highest BCUT2D eigenvalue weighted by Gasteiger charge is 2.39. The molecule has 1 aromatic rings. The lowest BCUT2D eigenvalue weighted by atomic mass is 9.89. The Hall–Kier alpha value is -1.55. The zero-order chi connectivity index (χ0) is 13.2. The molecule has 1 unspecified atom stereocenters. The normalized spacial score (nSPS) is 24.1. The van der Waals surface area contributed by atoms with Gasteiger partial charge in [0.1, 0.15) is 5.75 Å². The number of likely N-dealkylation sites (tertiary alicyclic amines) is 1. The molecule has 1 saturated heterocycles. The van der Waals surface area contributed by atoms with Crippen LogP contribution in [0.25, 0.3) is 0 Å². The predicted molar refractivity (Wildman–Crippen MR) is 70.2 cm³/mol. The van der Waals surface area contributed by atoms with E-state index in [1.807, 2.05) is 25.1 Å². The van der Waals surface area contributed by atoms with E-state index >= 15 is 0 Å². The summed E-state index contributed by atoms with van der Waals surface area (Å²) >= 11 is 0. The van der Waals surface area contributed by atoms with Crippen molar-refractivity contribution in [2.24, 2.45) is 5.41 Å². The molecule has 1 aliphatic rings. The van der Waals surface area contributed by atoms with Gasteiger partial charge in [0, 0.05) is 25.7 Å². The molecule has 2 N–H and O–H groups in total. The van der Waals surface area contributed by atoms with Crippen molar-refractivity contribution in [3.63, 3.8) is 0 Å². The minimum absolute atomic E-state index is 0.0993. The number of benzene rings is 1. The van der Waals surface area contributed by atoms with E-state index in [-0.39, 0.29) is 11.3 Å². The van der Waals surface area contributed by atoms with Gasteiger partial charge in [-0.2, -0.15) is 0 Å². The number of phenolic OH excluding ortho intramolecular Hbond substituents is 1. The molecule has 0 aliphatic carbocycles. The van der Waals surface area contributed by atoms with Gasteiger partial charge in [-0.05, 0) is 26.0 Å². The molecule has 4 heteroatoms. The largest absolute Gasteiger partial charge is 0.508 e. The summed E-state index contributed by atoms with van der Waals surface area (Å²) in [6.07, 6.45) is 0.861. The van der Waals surface area contributed by atoms with Gasteiger partial charge in [-0.1, -0.05) is 18.2 Å². The van der Waals surface area contributed by atoms with Crippen LogP contribution in [0.5, 0.6) is 5.75 Å². The maximum Gasteiger partial charge on any atom is 0.227 e. The molecular weight excluding hydrogens is 228 g/mol. The standard InChI is InChI=1S/C14H20N2O2/c1-14(13(18)15-2)7-8-16(10-14)9-11-5-3-4-6-12(11)17/h3-6,17H,7-10H2,1-2H3,(H,15,18). The SMILES string of the molecule is CNC(=O)C1(C)CCN(Cc2ccccc2O)C1. The van der Waals surface area contributed by atoms with Crippen molar-refractivity contribution in [1.82, 2.24) is 10.2 Å². The summed E-state index contributed by atoms with van der Waals surface area (Å²) < 4.78 is 0. The molecule has 18 heavy (non-hydrogen) atoms. The first-order valence-electron chi connectivity index (χ1n) is 6.26. The summed E-state index contributed by atoms with van der Waals surface area (Å²) in [6.45, 7) is 4.31. The van der Waals surface area contributed by atoms with Gasteiger partial charge in [0.15, 0.2) is 0 Å². The summed E-state index contributed by atoms with van der Waals surface area (Å²) in [5.41, 5.74) is 0.609. The highest BCUT2D eigenvalue weighted by atomic mass is 16.3. The van der Waals surface area contributed by atoms with E-state index in [0.29, 0.717) is 12.3 Å².